The molecule has 0 aromatic rings. The Balaban J connectivity index is 1.80. The lowest BCUT2D eigenvalue weighted by Crippen LogP contribution is -2.40. The lowest BCUT2D eigenvalue weighted by atomic mass is 10.1. The lowest BCUT2D eigenvalue weighted by molar-refractivity contribution is -0.187. The fourth-order valence-electron chi connectivity index (χ4n) is 2.79. The van der Waals surface area contributed by atoms with Crippen LogP contribution in [0.2, 0.25) is 0 Å². The fourth-order valence-corrected chi connectivity index (χ4v) is 2.97. The topological polar surface area (TPSA) is 46.2 Å². The van der Waals surface area contributed by atoms with Crippen LogP contribution in [-0.2, 0) is 23.7 Å². The highest BCUT2D eigenvalue weighted by atomic mass is 35.5. The molecule has 5 nitrogen and oxygen atoms in total. The maximum absolute atomic E-state index is 5.92. The molecule has 3 aliphatic heterocycles. The molecule has 0 aromatic carbocycles. The highest BCUT2D eigenvalue weighted by Crippen LogP contribution is 2.43. The van der Waals surface area contributed by atoms with Gasteiger partial charge in [-0.25, -0.2) is 0 Å². The lowest BCUT2D eigenvalue weighted by Gasteiger charge is -2.25. The van der Waals surface area contributed by atoms with Gasteiger partial charge < -0.3 is 23.7 Å². The summed E-state index contributed by atoms with van der Waals surface area (Å²) >= 11 is 5.80. The van der Waals surface area contributed by atoms with Crippen molar-refractivity contribution in [2.75, 3.05) is 6.61 Å². The van der Waals surface area contributed by atoms with E-state index in [1.165, 1.54) is 5.54 Å². The van der Waals surface area contributed by atoms with Crippen molar-refractivity contribution in [1.82, 2.24) is 0 Å². The molecule has 4 atom stereocenters. The number of rotatable bonds is 1. The van der Waals surface area contributed by atoms with Crippen LogP contribution in [0.4, 0.5) is 0 Å². The summed E-state index contributed by atoms with van der Waals surface area (Å²) in [5.74, 6) is -0.640. The number of hydrogen-bond acceptors (Lipinski definition) is 5. The van der Waals surface area contributed by atoms with Gasteiger partial charge in [0.25, 0.3) is 0 Å². The van der Waals surface area contributed by atoms with Gasteiger partial charge >= 0.3 is 0 Å². The summed E-state index contributed by atoms with van der Waals surface area (Å²) in [5, 5.41) is 0. The van der Waals surface area contributed by atoms with Crippen LogP contribution in [0.25, 0.3) is 0 Å². The molecule has 3 fully saturated rings. The van der Waals surface area contributed by atoms with E-state index in [1.54, 1.807) is 0 Å². The van der Waals surface area contributed by atoms with Gasteiger partial charge in [0.2, 0.25) is 0 Å². The Hall–Kier alpha value is -0.330. The zero-order valence-electron chi connectivity index (χ0n) is 11.5. The summed E-state index contributed by atoms with van der Waals surface area (Å²) < 4.78 is 29.0. The number of fused-ring (bicyclic) bond motifs is 1. The Morgan fingerprint density at radius 2 is 1.79 bits per heavy atom. The van der Waals surface area contributed by atoms with Gasteiger partial charge in [-0.3, -0.25) is 0 Å². The van der Waals surface area contributed by atoms with Gasteiger partial charge in [0, 0.05) is 5.54 Å². The summed E-state index contributed by atoms with van der Waals surface area (Å²) in [6.45, 7) is 8.00. The molecule has 0 unspecified atom stereocenters. The summed E-state index contributed by atoms with van der Waals surface area (Å²) in [4.78, 5) is 0. The molecule has 19 heavy (non-hydrogen) atoms. The van der Waals surface area contributed by atoms with Crippen LogP contribution in [0.3, 0.4) is 0 Å². The smallest absolute Gasteiger partial charge is 0.164 e. The first-order valence-corrected chi connectivity index (χ1v) is 6.89. The largest absolute Gasteiger partial charge is 0.485 e. The molecule has 0 saturated carbocycles. The maximum atomic E-state index is 5.92. The quantitative estimate of drug-likeness (QED) is 0.740. The standard InChI is InChI=1S/C13H19ClO5/c1-12(2)15-6-8(17-12)9-11-10(7(5-14)16-9)18-13(3,4)19-11/h5,8-11H,6H2,1-4H3/b7-5-/t8-,9+,10+,11-/m1/s1. The molecule has 3 heterocycles. The minimum atomic E-state index is -0.641. The monoisotopic (exact) mass is 290 g/mol. The van der Waals surface area contributed by atoms with Gasteiger partial charge in [-0.15, -0.1) is 0 Å². The van der Waals surface area contributed by atoms with Crippen molar-refractivity contribution in [1.29, 1.82) is 0 Å². The second-order valence-electron chi connectivity index (χ2n) is 5.98. The molecule has 3 rings (SSSR count). The molecule has 0 N–H and O–H groups in total. The second kappa shape index (κ2) is 4.33. The molecule has 108 valence electrons. The Kier molecular flexibility index (Phi) is 3.11. The molecule has 0 aromatic heterocycles. The molecule has 6 heteroatoms. The van der Waals surface area contributed by atoms with Crippen molar-refractivity contribution in [2.45, 2.75) is 63.7 Å². The van der Waals surface area contributed by atoms with E-state index in [1.807, 2.05) is 27.7 Å². The van der Waals surface area contributed by atoms with E-state index in [4.69, 9.17) is 35.3 Å². The van der Waals surface area contributed by atoms with Crippen LogP contribution in [0.1, 0.15) is 27.7 Å². The Morgan fingerprint density at radius 3 is 2.37 bits per heavy atom. The van der Waals surface area contributed by atoms with Gasteiger partial charge in [-0.1, -0.05) is 11.6 Å². The molecule has 0 radical (unpaired) electrons. The highest BCUT2D eigenvalue weighted by Gasteiger charge is 2.57. The highest BCUT2D eigenvalue weighted by molar-refractivity contribution is 6.25. The van der Waals surface area contributed by atoms with E-state index >= 15 is 0 Å². The molecule has 3 aliphatic rings. The Morgan fingerprint density at radius 1 is 1.05 bits per heavy atom. The second-order valence-corrected chi connectivity index (χ2v) is 6.20. The fraction of sp³-hybridized carbons (Fsp3) is 0.846. The average molecular weight is 291 g/mol. The number of hydrogen-bond donors (Lipinski definition) is 0. The third kappa shape index (κ3) is 2.38. The van der Waals surface area contributed by atoms with Gasteiger partial charge in [-0.05, 0) is 27.7 Å². The molecule has 3 saturated heterocycles. The molecule has 0 aliphatic carbocycles. The summed E-state index contributed by atoms with van der Waals surface area (Å²) in [6, 6.07) is 0. The molecular formula is C13H19ClO5. The first-order valence-electron chi connectivity index (χ1n) is 6.46. The maximum Gasteiger partial charge on any atom is 0.164 e. The van der Waals surface area contributed by atoms with E-state index in [-0.39, 0.29) is 24.4 Å². The predicted octanol–water partition coefficient (Wildman–Crippen LogP) is 2.14. The third-order valence-corrected chi connectivity index (χ3v) is 3.72. The van der Waals surface area contributed by atoms with Crippen LogP contribution in [0.15, 0.2) is 11.3 Å². The van der Waals surface area contributed by atoms with Gasteiger partial charge in [0.05, 0.1) is 6.61 Å². The van der Waals surface area contributed by atoms with Crippen LogP contribution in [0, 0.1) is 0 Å². The van der Waals surface area contributed by atoms with Crippen LogP contribution in [-0.4, -0.2) is 42.6 Å². The van der Waals surface area contributed by atoms with E-state index in [0.717, 1.165) is 0 Å². The Bertz CT molecular complexity index is 406. The summed E-state index contributed by atoms with van der Waals surface area (Å²) in [5.41, 5.74) is 1.41. The molecule has 0 bridgehead atoms. The van der Waals surface area contributed by atoms with Crippen LogP contribution >= 0.6 is 11.6 Å². The SMILES string of the molecule is CC1(C)OC[C@H]([C@@H]2O/C(=C\Cl)[C@@H]3OC(C)(C)O[C@H]23)O1. The van der Waals surface area contributed by atoms with Crippen molar-refractivity contribution in [3.05, 3.63) is 11.3 Å². The molecule has 0 amide bonds. The predicted molar refractivity (Wildman–Crippen MR) is 67.5 cm³/mol. The van der Waals surface area contributed by atoms with Crippen molar-refractivity contribution in [2.24, 2.45) is 0 Å². The number of ether oxygens (including phenoxy) is 5. The van der Waals surface area contributed by atoms with Crippen molar-refractivity contribution in [3.63, 3.8) is 0 Å². The van der Waals surface area contributed by atoms with E-state index in [2.05, 4.69) is 0 Å². The normalized spacial score (nSPS) is 45.4. The Labute approximate surface area is 117 Å². The minimum Gasteiger partial charge on any atom is -0.485 e. The third-order valence-electron chi connectivity index (χ3n) is 3.51. The van der Waals surface area contributed by atoms with Gasteiger partial charge in [-0.2, -0.15) is 0 Å². The van der Waals surface area contributed by atoms with Gasteiger partial charge in [0.15, 0.2) is 17.7 Å². The molecular weight excluding hydrogens is 272 g/mol. The first-order chi connectivity index (χ1) is 8.81. The minimum absolute atomic E-state index is 0.186. The van der Waals surface area contributed by atoms with Crippen molar-refractivity contribution in [3.8, 4) is 0 Å². The zero-order valence-corrected chi connectivity index (χ0v) is 12.3. The van der Waals surface area contributed by atoms with E-state index in [0.29, 0.717) is 12.4 Å². The van der Waals surface area contributed by atoms with Gasteiger partial charge in [0.1, 0.15) is 24.1 Å². The van der Waals surface area contributed by atoms with Crippen molar-refractivity contribution >= 4 is 11.6 Å². The summed E-state index contributed by atoms with van der Waals surface area (Å²) in [7, 11) is 0. The van der Waals surface area contributed by atoms with Crippen molar-refractivity contribution < 1.29 is 23.7 Å². The zero-order chi connectivity index (χ0) is 13.8. The average Bonchev–Trinajstić information content (AvgIpc) is 2.89. The summed E-state index contributed by atoms with van der Waals surface area (Å²) in [6.07, 6.45) is -0.944. The van der Waals surface area contributed by atoms with Crippen LogP contribution < -0.4 is 0 Å². The number of halogens is 1. The molecule has 0 spiro atoms. The van der Waals surface area contributed by atoms with E-state index in [9.17, 15) is 0 Å². The van der Waals surface area contributed by atoms with Crippen LogP contribution in [0.5, 0.6) is 0 Å². The van der Waals surface area contributed by atoms with E-state index < -0.39 is 11.6 Å². The first kappa shape index (κ1) is 13.6.